The second-order valence-corrected chi connectivity index (χ2v) is 13.6. The first-order chi connectivity index (χ1) is 20.9. The molecule has 44 heavy (non-hydrogen) atoms. The molecule has 244 valence electrons. The van der Waals surface area contributed by atoms with Crippen molar-refractivity contribution in [2.24, 2.45) is 16.7 Å². The van der Waals surface area contributed by atoms with Crippen molar-refractivity contribution in [1.29, 1.82) is 0 Å². The Morgan fingerprint density at radius 2 is 1.68 bits per heavy atom. The summed E-state index contributed by atoms with van der Waals surface area (Å²) < 4.78 is 17.1. The number of hydrogen-bond donors (Lipinski definition) is 0. The number of fused-ring (bicyclic) bond motifs is 1. The minimum atomic E-state index is -1.19. The zero-order valence-corrected chi connectivity index (χ0v) is 27.4. The number of piperidine rings is 1. The first-order valence-electron chi connectivity index (χ1n) is 16.3. The van der Waals surface area contributed by atoms with Gasteiger partial charge in [-0.05, 0) is 43.4 Å². The van der Waals surface area contributed by atoms with Crippen LogP contribution in [0.4, 0.5) is 0 Å². The number of esters is 1. The molecule has 3 amide bonds. The average molecular weight is 614 g/mol. The third-order valence-electron chi connectivity index (χ3n) is 9.50. The second-order valence-electron chi connectivity index (χ2n) is 13.6. The van der Waals surface area contributed by atoms with Gasteiger partial charge in [0.15, 0.2) is 5.76 Å². The number of likely N-dealkylation sites (tertiary alicyclic amines) is 1. The Morgan fingerprint density at radius 1 is 1.02 bits per heavy atom. The maximum Gasteiger partial charge on any atom is 0.320 e. The largest absolute Gasteiger partial charge is 0.468 e. The van der Waals surface area contributed by atoms with Gasteiger partial charge in [-0.2, -0.15) is 0 Å². The van der Waals surface area contributed by atoms with Gasteiger partial charge in [0.05, 0.1) is 25.6 Å². The van der Waals surface area contributed by atoms with Crippen molar-refractivity contribution in [3.8, 4) is 0 Å². The number of rotatable bonds is 11. The third-order valence-corrected chi connectivity index (χ3v) is 9.50. The zero-order chi connectivity index (χ0) is 32.1. The minimum absolute atomic E-state index is 0.0145. The molecule has 0 unspecified atom stereocenters. The summed E-state index contributed by atoms with van der Waals surface area (Å²) in [6.45, 7) is 12.3. The fraction of sp³-hybridized carbons (Fsp3) is 0.706. The molecule has 3 aliphatic heterocycles. The predicted octanol–water partition coefficient (Wildman–Crippen LogP) is 5.04. The summed E-state index contributed by atoms with van der Waals surface area (Å²) in [5, 5.41) is 0. The van der Waals surface area contributed by atoms with Crippen molar-refractivity contribution in [2.45, 2.75) is 98.2 Å². The van der Waals surface area contributed by atoms with E-state index in [0.717, 1.165) is 32.1 Å². The van der Waals surface area contributed by atoms with Crippen molar-refractivity contribution in [2.75, 3.05) is 39.8 Å². The lowest BCUT2D eigenvalue weighted by atomic mass is 9.65. The van der Waals surface area contributed by atoms with E-state index in [9.17, 15) is 19.2 Å². The van der Waals surface area contributed by atoms with Crippen molar-refractivity contribution >= 4 is 23.7 Å². The lowest BCUT2D eigenvalue weighted by Gasteiger charge is -2.53. The van der Waals surface area contributed by atoms with E-state index >= 15 is 0 Å². The minimum Gasteiger partial charge on any atom is -0.468 e. The summed E-state index contributed by atoms with van der Waals surface area (Å²) in [6, 6.07) is 3.30. The van der Waals surface area contributed by atoms with Gasteiger partial charge in [0.25, 0.3) is 5.91 Å². The molecule has 0 aliphatic carbocycles. The molecule has 4 rings (SSSR count). The van der Waals surface area contributed by atoms with Gasteiger partial charge in [0, 0.05) is 50.8 Å². The quantitative estimate of drug-likeness (QED) is 0.254. The Morgan fingerprint density at radius 3 is 2.30 bits per heavy atom. The maximum atomic E-state index is 14.2. The van der Waals surface area contributed by atoms with E-state index in [1.165, 1.54) is 19.8 Å². The van der Waals surface area contributed by atoms with E-state index in [1.807, 2.05) is 13.0 Å². The second kappa shape index (κ2) is 14.3. The molecule has 4 heterocycles. The highest BCUT2D eigenvalue weighted by atomic mass is 16.5. The van der Waals surface area contributed by atoms with Gasteiger partial charge in [-0.1, -0.05) is 59.8 Å². The molecule has 2 saturated heterocycles. The van der Waals surface area contributed by atoms with E-state index in [-0.39, 0.29) is 47.8 Å². The van der Waals surface area contributed by atoms with E-state index in [0.29, 0.717) is 38.4 Å². The SMILES string of the molecule is CCCCCCCCN1C(=O)[C@@H](CC(=O)N2CCN(C(=O)c3ccco3)CC2)C[C@@]2(C(=O)OC)C1=C[C@H](C(C)(C)C)O[C@@H]2C. The maximum absolute atomic E-state index is 14.2. The Bertz CT molecular complexity index is 1200. The highest BCUT2D eigenvalue weighted by Crippen LogP contribution is 2.52. The molecule has 10 heteroatoms. The van der Waals surface area contributed by atoms with Gasteiger partial charge in [-0.3, -0.25) is 19.2 Å². The van der Waals surface area contributed by atoms with E-state index in [2.05, 4.69) is 27.7 Å². The Hall–Kier alpha value is -3.14. The number of piperazine rings is 1. The molecular weight excluding hydrogens is 562 g/mol. The van der Waals surface area contributed by atoms with Crippen LogP contribution in [0, 0.1) is 16.7 Å². The molecular formula is C34H51N3O7. The topological polar surface area (TPSA) is 110 Å². The van der Waals surface area contributed by atoms with Crippen LogP contribution in [0.1, 0.15) is 96.5 Å². The molecule has 0 aromatic carbocycles. The third kappa shape index (κ3) is 7.05. The number of ether oxygens (including phenoxy) is 2. The highest BCUT2D eigenvalue weighted by molar-refractivity contribution is 5.93. The van der Waals surface area contributed by atoms with Crippen LogP contribution in [-0.2, 0) is 23.9 Å². The lowest BCUT2D eigenvalue weighted by Crippen LogP contribution is -2.61. The number of methoxy groups -OCH3 is 1. The number of nitrogens with zero attached hydrogens (tertiary/aromatic N) is 3. The van der Waals surface area contributed by atoms with E-state index in [1.54, 1.807) is 26.8 Å². The summed E-state index contributed by atoms with van der Waals surface area (Å²) >= 11 is 0. The van der Waals surface area contributed by atoms with Gasteiger partial charge in [-0.15, -0.1) is 0 Å². The molecule has 4 atom stereocenters. The van der Waals surface area contributed by atoms with Gasteiger partial charge >= 0.3 is 5.97 Å². The summed E-state index contributed by atoms with van der Waals surface area (Å²) in [7, 11) is 1.37. The summed E-state index contributed by atoms with van der Waals surface area (Å²) in [4.78, 5) is 59.4. The zero-order valence-electron chi connectivity index (χ0n) is 27.4. The normalized spacial score (nSPS) is 25.9. The Labute approximate surface area is 262 Å². The molecule has 1 aromatic rings. The van der Waals surface area contributed by atoms with Crippen LogP contribution in [-0.4, -0.2) is 90.4 Å². The first-order valence-corrected chi connectivity index (χ1v) is 16.3. The number of hydrogen-bond acceptors (Lipinski definition) is 7. The van der Waals surface area contributed by atoms with Crippen LogP contribution in [0.2, 0.25) is 0 Å². The standard InChI is InChI=1S/C34H51N3O7/c1-7-8-9-10-11-12-15-37-27-22-28(33(3,4)5)44-24(2)34(27,32(41)42-6)23-25(30(37)39)21-29(38)35-16-18-36(19-17-35)31(40)26-14-13-20-43-26/h13-14,20,22,24-25,28H,7-12,15-19,21,23H2,1-6H3/t24-,25+,28-,34+/m1/s1. The van der Waals surface area contributed by atoms with Gasteiger partial charge in [0.2, 0.25) is 11.8 Å². The van der Waals surface area contributed by atoms with Crippen LogP contribution >= 0.6 is 0 Å². The number of carbonyl (C=O) groups is 4. The first kappa shape index (κ1) is 33.7. The molecule has 10 nitrogen and oxygen atoms in total. The number of carbonyl (C=O) groups excluding carboxylic acids is 4. The fourth-order valence-electron chi connectivity index (χ4n) is 6.78. The van der Waals surface area contributed by atoms with E-state index in [4.69, 9.17) is 13.9 Å². The average Bonchev–Trinajstić information content (AvgIpc) is 3.54. The van der Waals surface area contributed by atoms with Crippen LogP contribution < -0.4 is 0 Å². The molecule has 0 radical (unpaired) electrons. The predicted molar refractivity (Wildman–Crippen MR) is 165 cm³/mol. The van der Waals surface area contributed by atoms with Gasteiger partial charge in [-0.25, -0.2) is 0 Å². The van der Waals surface area contributed by atoms with Crippen molar-refractivity contribution in [3.63, 3.8) is 0 Å². The fourth-order valence-corrected chi connectivity index (χ4v) is 6.78. The Kier molecular flexibility index (Phi) is 11.0. The van der Waals surface area contributed by atoms with Crippen molar-refractivity contribution < 1.29 is 33.1 Å². The summed E-state index contributed by atoms with van der Waals surface area (Å²) in [6.07, 6.45) is 9.13. The van der Waals surface area contributed by atoms with Crippen molar-refractivity contribution in [3.05, 3.63) is 35.9 Å². The summed E-state index contributed by atoms with van der Waals surface area (Å²) in [5.41, 5.74) is -0.771. The van der Waals surface area contributed by atoms with Crippen LogP contribution in [0.3, 0.4) is 0 Å². The number of furan rings is 1. The number of amides is 3. The molecule has 0 saturated carbocycles. The van der Waals surface area contributed by atoms with E-state index < -0.39 is 23.4 Å². The highest BCUT2D eigenvalue weighted by Gasteiger charge is 2.60. The molecule has 0 bridgehead atoms. The molecule has 0 N–H and O–H groups in total. The summed E-state index contributed by atoms with van der Waals surface area (Å²) in [5.74, 6) is -1.33. The molecule has 3 aliphatic rings. The molecule has 2 fully saturated rings. The lowest BCUT2D eigenvalue weighted by molar-refractivity contribution is -0.180. The van der Waals surface area contributed by atoms with Crippen molar-refractivity contribution in [1.82, 2.24) is 14.7 Å². The molecule has 0 spiro atoms. The molecule has 1 aromatic heterocycles. The monoisotopic (exact) mass is 613 g/mol. The van der Waals surface area contributed by atoms with Crippen LogP contribution in [0.5, 0.6) is 0 Å². The van der Waals surface area contributed by atoms with Crippen LogP contribution in [0.25, 0.3) is 0 Å². The smallest absolute Gasteiger partial charge is 0.320 e. The van der Waals surface area contributed by atoms with Gasteiger partial charge in [0.1, 0.15) is 5.41 Å². The van der Waals surface area contributed by atoms with Crippen LogP contribution in [0.15, 0.2) is 34.6 Å². The number of unbranched alkanes of at least 4 members (excludes halogenated alkanes) is 5. The Balaban J connectivity index is 1.55. The van der Waals surface area contributed by atoms with Gasteiger partial charge < -0.3 is 28.6 Å².